The first-order chi connectivity index (χ1) is 32.2. The van der Waals surface area contributed by atoms with E-state index in [0.29, 0.717) is 11.7 Å². The SMILES string of the molecule is COCCn1c(=O)n(CCO)c(=O)n(CCOCN2C(=O)N(COC)C3C2N(COC)C(=O)N3CSc2nc(SCN3C(=O)N(COC)C4C3N(COC)C(=O)N4CC(C)C)[nH]c(=S)n2)c1=O. The highest BCUT2D eigenvalue weighted by Crippen LogP contribution is 2.39. The van der Waals surface area contributed by atoms with E-state index in [1.54, 1.807) is 9.80 Å². The number of fused-ring (bicyclic) bond motifs is 2. The number of hydrogen-bond donors (Lipinski definition) is 2. The molecule has 2 N–H and O–H groups in total. The zero-order valence-electron chi connectivity index (χ0n) is 38.1. The first-order valence-corrected chi connectivity index (χ1v) is 23.2. The normalized spacial score (nSPS) is 20.6. The lowest BCUT2D eigenvalue weighted by atomic mass is 10.2. The van der Waals surface area contributed by atoms with Crippen LogP contribution in [0.15, 0.2) is 24.7 Å². The van der Waals surface area contributed by atoms with Crippen LogP contribution in [0.2, 0.25) is 0 Å². The van der Waals surface area contributed by atoms with E-state index < -0.39 is 67.1 Å². The van der Waals surface area contributed by atoms with Crippen molar-refractivity contribution >= 4 is 59.9 Å². The van der Waals surface area contributed by atoms with Crippen LogP contribution >= 0.6 is 35.7 Å². The minimum absolute atomic E-state index is 0.00847. The predicted octanol–water partition coefficient (Wildman–Crippen LogP) is -1.24. The molecule has 6 heterocycles. The van der Waals surface area contributed by atoms with Crippen molar-refractivity contribution in [1.82, 2.24) is 67.9 Å². The number of H-pyrrole nitrogens is 1. The van der Waals surface area contributed by atoms with Gasteiger partial charge in [-0.25, -0.2) is 47.3 Å². The molecule has 28 nitrogen and oxygen atoms in total. The number of carbonyl (C=O) groups is 4. The molecule has 4 aliphatic heterocycles. The van der Waals surface area contributed by atoms with Crippen molar-refractivity contribution in [2.75, 3.05) is 107 Å². The number of aromatic amines is 1. The minimum Gasteiger partial charge on any atom is -0.395 e. The van der Waals surface area contributed by atoms with E-state index in [2.05, 4.69) is 15.0 Å². The van der Waals surface area contributed by atoms with E-state index >= 15 is 0 Å². The van der Waals surface area contributed by atoms with Crippen molar-refractivity contribution in [1.29, 1.82) is 0 Å². The summed E-state index contributed by atoms with van der Waals surface area (Å²) in [5.74, 6) is 0.0833. The van der Waals surface area contributed by atoms with Crippen LogP contribution in [0.5, 0.6) is 0 Å². The second-order valence-corrected chi connectivity index (χ2v) is 17.9. The number of nitrogens with zero attached hydrogens (tertiary/aromatic N) is 13. The largest absolute Gasteiger partial charge is 0.395 e. The van der Waals surface area contributed by atoms with E-state index in [-0.39, 0.29) is 99.4 Å². The van der Waals surface area contributed by atoms with Crippen LogP contribution in [0, 0.1) is 10.7 Å². The van der Waals surface area contributed by atoms with Gasteiger partial charge in [0.2, 0.25) is 4.77 Å². The van der Waals surface area contributed by atoms with Gasteiger partial charge in [-0.15, -0.1) is 0 Å². The molecular formula is C36H56N14O14S3. The fraction of sp³-hybridized carbons (Fsp3) is 0.722. The molecule has 0 aromatic carbocycles. The number of thioether (sulfide) groups is 2. The standard InChI is InChI=1S/C36H56N14O14S3/c1-22(2)14-43-23-25(46(17-62-6)33(43)55)49(35(57)44(23)15-60-4)20-66-28-37-27(65)38-29(39-28)67-21-50-26-24(45(16-61-5)36(50)58)48(34(56)47(26)18-63-7)19-64-13-10-42-31(53)40(8-11-51)30(52)41(32(42)54)9-12-59-3/h22-26,51H,8-21H2,1-7H3,(H,37,38,39,65). The van der Waals surface area contributed by atoms with E-state index in [1.165, 1.54) is 64.9 Å². The van der Waals surface area contributed by atoms with Crippen molar-refractivity contribution in [3.63, 3.8) is 0 Å². The summed E-state index contributed by atoms with van der Waals surface area (Å²) < 4.78 is 34.8. The first-order valence-electron chi connectivity index (χ1n) is 20.8. The van der Waals surface area contributed by atoms with Crippen molar-refractivity contribution in [3.05, 3.63) is 36.2 Å². The molecule has 67 heavy (non-hydrogen) atoms. The molecule has 0 bridgehead atoms. The second-order valence-electron chi connectivity index (χ2n) is 15.6. The number of aliphatic hydroxyl groups is 1. The first kappa shape index (κ1) is 51.5. The molecule has 4 aliphatic rings. The number of rotatable bonds is 26. The number of aromatic nitrogens is 6. The zero-order valence-corrected chi connectivity index (χ0v) is 40.5. The van der Waals surface area contributed by atoms with Crippen LogP contribution in [-0.2, 0) is 48.1 Å². The quantitative estimate of drug-likeness (QED) is 0.0633. The molecule has 4 atom stereocenters. The van der Waals surface area contributed by atoms with Crippen LogP contribution in [-0.4, -0.2) is 229 Å². The van der Waals surface area contributed by atoms with Crippen LogP contribution in [0.25, 0.3) is 0 Å². The Bertz CT molecular complexity index is 2350. The van der Waals surface area contributed by atoms with Gasteiger partial charge in [0.15, 0.2) is 35.0 Å². The summed E-state index contributed by atoms with van der Waals surface area (Å²) in [6.45, 7) is 1.83. The van der Waals surface area contributed by atoms with Crippen molar-refractivity contribution in [2.45, 2.75) is 68.5 Å². The Balaban J connectivity index is 1.17. The summed E-state index contributed by atoms with van der Waals surface area (Å²) in [6, 6.07) is -1.70. The third-order valence-electron chi connectivity index (χ3n) is 10.9. The van der Waals surface area contributed by atoms with Gasteiger partial charge in [-0.2, -0.15) is 9.97 Å². The summed E-state index contributed by atoms with van der Waals surface area (Å²) in [5.41, 5.74) is -2.74. The van der Waals surface area contributed by atoms with Crippen LogP contribution in [0.1, 0.15) is 13.8 Å². The van der Waals surface area contributed by atoms with Crippen LogP contribution in [0.4, 0.5) is 19.2 Å². The molecule has 4 fully saturated rings. The highest BCUT2D eigenvalue weighted by Gasteiger charge is 2.60. The molecule has 0 saturated carbocycles. The maximum Gasteiger partial charge on any atom is 0.336 e. The number of urea groups is 4. The number of carbonyl (C=O) groups excluding carboxylic acids is 4. The topological polar surface area (TPSA) is 277 Å². The molecule has 6 rings (SSSR count). The molecule has 372 valence electrons. The maximum atomic E-state index is 14.1. The van der Waals surface area contributed by atoms with E-state index in [9.17, 15) is 38.7 Å². The Morgan fingerprint density at radius 1 is 0.567 bits per heavy atom. The van der Waals surface area contributed by atoms with Gasteiger partial charge >= 0.3 is 41.2 Å². The third-order valence-corrected chi connectivity index (χ3v) is 12.8. The van der Waals surface area contributed by atoms with Gasteiger partial charge in [0.1, 0.15) is 33.7 Å². The molecule has 4 saturated heterocycles. The molecule has 0 radical (unpaired) electrons. The molecule has 2 aromatic heterocycles. The number of aliphatic hydroxyl groups excluding tert-OH is 1. The van der Waals surface area contributed by atoms with Gasteiger partial charge in [0.25, 0.3) is 0 Å². The smallest absolute Gasteiger partial charge is 0.336 e. The van der Waals surface area contributed by atoms with Gasteiger partial charge in [-0.05, 0) is 18.1 Å². The van der Waals surface area contributed by atoms with E-state index in [4.69, 9.17) is 40.6 Å². The van der Waals surface area contributed by atoms with Gasteiger partial charge in [-0.1, -0.05) is 37.4 Å². The lowest BCUT2D eigenvalue weighted by Crippen LogP contribution is -2.55. The van der Waals surface area contributed by atoms with Crippen LogP contribution in [0.3, 0.4) is 0 Å². The summed E-state index contributed by atoms with van der Waals surface area (Å²) in [7, 11) is 7.11. The van der Waals surface area contributed by atoms with Gasteiger partial charge in [-0.3, -0.25) is 39.2 Å². The average Bonchev–Trinajstić information content (AvgIpc) is 3.91. The van der Waals surface area contributed by atoms with Crippen molar-refractivity contribution in [2.24, 2.45) is 5.92 Å². The number of hydrogen-bond acceptors (Lipinski definition) is 19. The molecule has 2 aromatic rings. The Kier molecular flexibility index (Phi) is 17.7. The number of amides is 8. The summed E-state index contributed by atoms with van der Waals surface area (Å²) >= 11 is 7.67. The summed E-state index contributed by atoms with van der Waals surface area (Å²) in [5, 5.41) is 9.95. The zero-order chi connectivity index (χ0) is 48.7. The molecule has 31 heteroatoms. The van der Waals surface area contributed by atoms with Gasteiger partial charge in [0, 0.05) is 42.1 Å². The Morgan fingerprint density at radius 2 is 0.985 bits per heavy atom. The van der Waals surface area contributed by atoms with E-state index in [1.807, 2.05) is 13.8 Å². The number of nitrogens with one attached hydrogen (secondary N) is 1. The second kappa shape index (κ2) is 23.0. The molecular weight excluding hydrogens is 949 g/mol. The summed E-state index contributed by atoms with van der Waals surface area (Å²) in [6.07, 6.45) is -3.23. The van der Waals surface area contributed by atoms with Crippen molar-refractivity contribution in [3.8, 4) is 0 Å². The predicted molar refractivity (Wildman–Crippen MR) is 236 cm³/mol. The summed E-state index contributed by atoms with van der Waals surface area (Å²) in [4.78, 5) is 118. The van der Waals surface area contributed by atoms with Gasteiger partial charge in [0.05, 0.1) is 51.2 Å². The monoisotopic (exact) mass is 1000 g/mol. The fourth-order valence-corrected chi connectivity index (χ4v) is 10.2. The molecule has 0 aliphatic carbocycles. The van der Waals surface area contributed by atoms with E-state index in [0.717, 1.165) is 37.2 Å². The third kappa shape index (κ3) is 10.4. The Morgan fingerprint density at radius 3 is 1.46 bits per heavy atom. The molecule has 8 amide bonds. The highest BCUT2D eigenvalue weighted by molar-refractivity contribution is 7.99. The molecule has 4 unspecified atom stereocenters. The lowest BCUT2D eigenvalue weighted by molar-refractivity contribution is -0.0186. The number of methoxy groups -OCH3 is 5. The average molecular weight is 1010 g/mol. The Labute approximate surface area is 397 Å². The lowest BCUT2D eigenvalue weighted by Gasteiger charge is -2.30. The minimum atomic E-state index is -0.960. The van der Waals surface area contributed by atoms with Crippen LogP contribution < -0.4 is 17.1 Å². The maximum absolute atomic E-state index is 14.1. The Hall–Kier alpha value is -4.86. The highest BCUT2D eigenvalue weighted by atomic mass is 32.2. The van der Waals surface area contributed by atoms with Crippen molar-refractivity contribution < 1.29 is 52.7 Å². The molecule has 0 spiro atoms. The van der Waals surface area contributed by atoms with Gasteiger partial charge < -0.3 is 38.5 Å². The number of ether oxygens (including phenoxy) is 6. The fourth-order valence-electron chi connectivity index (χ4n) is 8.18.